The van der Waals surface area contributed by atoms with Crippen LogP contribution in [-0.4, -0.2) is 9.78 Å². The van der Waals surface area contributed by atoms with Crippen LogP contribution in [0.5, 0.6) is 0 Å². The summed E-state index contributed by atoms with van der Waals surface area (Å²) in [5.41, 5.74) is -2.27. The van der Waals surface area contributed by atoms with Crippen molar-refractivity contribution in [3.63, 3.8) is 0 Å². The summed E-state index contributed by atoms with van der Waals surface area (Å²) in [6.07, 6.45) is -3.07. The van der Waals surface area contributed by atoms with E-state index in [4.69, 9.17) is 0 Å². The van der Waals surface area contributed by atoms with Crippen LogP contribution in [-0.2, 0) is 12.7 Å². The molecule has 1 rings (SSSR count). The van der Waals surface area contributed by atoms with Crippen LogP contribution in [0.4, 0.5) is 13.2 Å². The molecule has 0 saturated carbocycles. The molecular weight excluding hydrogens is 277 g/mol. The predicted molar refractivity (Wildman–Crippen MR) is 52.7 cm³/mol. The van der Waals surface area contributed by atoms with Crippen molar-refractivity contribution in [1.82, 2.24) is 9.78 Å². The molecule has 1 heterocycles. The van der Waals surface area contributed by atoms with Gasteiger partial charge in [0.1, 0.15) is 4.60 Å². The Balaban J connectivity index is 3.10. The molecule has 7 heteroatoms. The van der Waals surface area contributed by atoms with Crippen LogP contribution >= 0.6 is 15.9 Å². The molecular formula is C8H10BrF3N2O. The monoisotopic (exact) mass is 286 g/mol. The minimum absolute atomic E-state index is 0.228. The number of hydrogen-bond donors (Lipinski definition) is 1. The average Bonchev–Trinajstić information content (AvgIpc) is 2.36. The Morgan fingerprint density at radius 3 is 2.47 bits per heavy atom. The van der Waals surface area contributed by atoms with Crippen molar-refractivity contribution in [2.24, 2.45) is 0 Å². The first-order valence-electron chi connectivity index (χ1n) is 4.43. The summed E-state index contributed by atoms with van der Waals surface area (Å²) in [6.45, 7) is 2.28. The third-order valence-electron chi connectivity index (χ3n) is 1.93. The van der Waals surface area contributed by atoms with Crippen molar-refractivity contribution in [2.75, 3.05) is 0 Å². The van der Waals surface area contributed by atoms with E-state index >= 15 is 0 Å². The van der Waals surface area contributed by atoms with E-state index in [-0.39, 0.29) is 4.60 Å². The van der Waals surface area contributed by atoms with Gasteiger partial charge in [-0.1, -0.05) is 13.3 Å². The second kappa shape index (κ2) is 4.42. The summed E-state index contributed by atoms with van der Waals surface area (Å²) in [4.78, 5) is 11.0. The third-order valence-corrected chi connectivity index (χ3v) is 2.75. The molecule has 0 spiro atoms. The van der Waals surface area contributed by atoms with E-state index in [1.807, 2.05) is 6.92 Å². The molecule has 86 valence electrons. The lowest BCUT2D eigenvalue weighted by Crippen LogP contribution is -2.16. The number of rotatable bonds is 3. The molecule has 0 fully saturated rings. The van der Waals surface area contributed by atoms with Gasteiger partial charge in [-0.15, -0.1) is 0 Å². The number of aromatic nitrogens is 2. The standard InChI is InChI=1S/C8H10BrF3N2O/c1-2-3-4-14-6(9)5(7(15)13-14)8(10,11)12/h2-4H2,1H3,(H,13,15). The molecule has 15 heavy (non-hydrogen) atoms. The van der Waals surface area contributed by atoms with Crippen molar-refractivity contribution >= 4 is 15.9 Å². The highest BCUT2D eigenvalue weighted by molar-refractivity contribution is 9.10. The van der Waals surface area contributed by atoms with Crippen molar-refractivity contribution in [3.8, 4) is 0 Å². The van der Waals surface area contributed by atoms with Gasteiger partial charge in [0.25, 0.3) is 5.56 Å². The molecule has 0 bridgehead atoms. The number of aromatic amines is 1. The van der Waals surface area contributed by atoms with Crippen molar-refractivity contribution < 1.29 is 13.2 Å². The Morgan fingerprint density at radius 1 is 1.47 bits per heavy atom. The Kier molecular flexibility index (Phi) is 3.64. The number of halogens is 4. The Hall–Kier alpha value is -0.720. The van der Waals surface area contributed by atoms with Gasteiger partial charge in [-0.2, -0.15) is 13.2 Å². The van der Waals surface area contributed by atoms with E-state index in [0.717, 1.165) is 6.42 Å². The maximum absolute atomic E-state index is 12.4. The van der Waals surface area contributed by atoms with Gasteiger partial charge in [0, 0.05) is 6.54 Å². The molecule has 0 aliphatic heterocycles. The fraction of sp³-hybridized carbons (Fsp3) is 0.625. The number of hydrogen-bond acceptors (Lipinski definition) is 1. The summed E-state index contributed by atoms with van der Waals surface area (Å²) in [6, 6.07) is 0. The van der Waals surface area contributed by atoms with Gasteiger partial charge in [-0.05, 0) is 22.4 Å². The lowest BCUT2D eigenvalue weighted by molar-refractivity contribution is -0.139. The predicted octanol–water partition coefficient (Wildman–Crippen LogP) is 2.76. The highest BCUT2D eigenvalue weighted by atomic mass is 79.9. The molecule has 1 N–H and O–H groups in total. The Bertz CT molecular complexity index is 394. The van der Waals surface area contributed by atoms with Crippen LogP contribution < -0.4 is 5.56 Å². The Labute approximate surface area is 92.4 Å². The number of nitrogens with one attached hydrogen (secondary N) is 1. The van der Waals surface area contributed by atoms with E-state index in [2.05, 4.69) is 21.0 Å². The first-order chi connectivity index (χ1) is 6.88. The van der Waals surface area contributed by atoms with Crippen LogP contribution in [0.15, 0.2) is 9.40 Å². The molecule has 0 aliphatic rings. The summed E-state index contributed by atoms with van der Waals surface area (Å²) in [5.74, 6) is 0. The zero-order valence-electron chi connectivity index (χ0n) is 7.99. The zero-order chi connectivity index (χ0) is 11.6. The summed E-state index contributed by atoms with van der Waals surface area (Å²) in [5, 5.41) is 2.15. The van der Waals surface area contributed by atoms with Crippen LogP contribution in [0.2, 0.25) is 0 Å². The number of H-pyrrole nitrogens is 1. The molecule has 1 aromatic heterocycles. The average molecular weight is 287 g/mol. The summed E-state index contributed by atoms with van der Waals surface area (Å²) < 4.78 is 38.1. The number of aryl methyl sites for hydroxylation is 1. The highest BCUT2D eigenvalue weighted by Gasteiger charge is 2.38. The maximum atomic E-state index is 12.4. The minimum atomic E-state index is -4.62. The van der Waals surface area contributed by atoms with E-state index in [0.29, 0.717) is 13.0 Å². The first-order valence-corrected chi connectivity index (χ1v) is 5.22. The van der Waals surface area contributed by atoms with E-state index in [9.17, 15) is 18.0 Å². The van der Waals surface area contributed by atoms with Gasteiger partial charge < -0.3 is 0 Å². The zero-order valence-corrected chi connectivity index (χ0v) is 9.57. The molecule has 0 aromatic carbocycles. The lowest BCUT2D eigenvalue weighted by Gasteiger charge is -2.05. The fourth-order valence-corrected chi connectivity index (χ4v) is 1.84. The van der Waals surface area contributed by atoms with Gasteiger partial charge in [0.2, 0.25) is 0 Å². The van der Waals surface area contributed by atoms with Crippen molar-refractivity contribution in [3.05, 3.63) is 20.5 Å². The lowest BCUT2D eigenvalue weighted by atomic mass is 10.3. The van der Waals surface area contributed by atoms with E-state index in [1.54, 1.807) is 0 Å². The van der Waals surface area contributed by atoms with Gasteiger partial charge >= 0.3 is 6.18 Å². The van der Waals surface area contributed by atoms with Crippen LogP contribution in [0, 0.1) is 0 Å². The topological polar surface area (TPSA) is 37.8 Å². The number of alkyl halides is 3. The maximum Gasteiger partial charge on any atom is 0.424 e. The molecule has 0 amide bonds. The molecule has 0 saturated heterocycles. The van der Waals surface area contributed by atoms with Crippen LogP contribution in [0.3, 0.4) is 0 Å². The van der Waals surface area contributed by atoms with Crippen LogP contribution in [0.1, 0.15) is 25.3 Å². The second-order valence-corrected chi connectivity index (χ2v) is 3.86. The molecule has 0 radical (unpaired) electrons. The molecule has 0 aliphatic carbocycles. The minimum Gasteiger partial charge on any atom is -0.277 e. The summed E-state index contributed by atoms with van der Waals surface area (Å²) in [7, 11) is 0. The van der Waals surface area contributed by atoms with Crippen molar-refractivity contribution in [1.29, 1.82) is 0 Å². The molecule has 0 unspecified atom stereocenters. The van der Waals surface area contributed by atoms with Gasteiger partial charge in [0.05, 0.1) is 0 Å². The Morgan fingerprint density at radius 2 is 2.07 bits per heavy atom. The van der Waals surface area contributed by atoms with E-state index < -0.39 is 17.3 Å². The van der Waals surface area contributed by atoms with Gasteiger partial charge in [-0.25, -0.2) is 0 Å². The summed E-state index contributed by atoms with van der Waals surface area (Å²) >= 11 is 2.78. The highest BCUT2D eigenvalue weighted by Crippen LogP contribution is 2.32. The van der Waals surface area contributed by atoms with Gasteiger partial charge in [-0.3, -0.25) is 14.6 Å². The second-order valence-electron chi connectivity index (χ2n) is 3.11. The fourth-order valence-electron chi connectivity index (χ4n) is 1.17. The van der Waals surface area contributed by atoms with Crippen molar-refractivity contribution in [2.45, 2.75) is 32.5 Å². The van der Waals surface area contributed by atoms with Crippen LogP contribution in [0.25, 0.3) is 0 Å². The molecule has 0 atom stereocenters. The molecule has 3 nitrogen and oxygen atoms in total. The smallest absolute Gasteiger partial charge is 0.277 e. The third kappa shape index (κ3) is 2.64. The first kappa shape index (κ1) is 12.4. The van der Waals surface area contributed by atoms with Gasteiger partial charge in [0.15, 0.2) is 5.56 Å². The van der Waals surface area contributed by atoms with E-state index in [1.165, 1.54) is 4.68 Å². The molecule has 1 aromatic rings. The number of unbranched alkanes of at least 4 members (excludes halogenated alkanes) is 1. The number of nitrogens with zero attached hydrogens (tertiary/aromatic N) is 1. The largest absolute Gasteiger partial charge is 0.424 e. The quantitative estimate of drug-likeness (QED) is 0.912. The SMILES string of the molecule is CCCCn1[nH]c(=O)c(C(F)(F)F)c1Br. The normalized spacial score (nSPS) is 12.1.